The molecule has 1 heterocycles. The molecule has 0 saturated heterocycles. The van der Waals surface area contributed by atoms with Gasteiger partial charge in [-0.05, 0) is 52.7 Å². The fourth-order valence-electron chi connectivity index (χ4n) is 2.25. The summed E-state index contributed by atoms with van der Waals surface area (Å²) in [6, 6.07) is 7.62. The molecule has 0 unspecified atom stereocenters. The minimum absolute atomic E-state index is 0.0903. The van der Waals surface area contributed by atoms with Crippen molar-refractivity contribution in [2.45, 2.75) is 19.9 Å². The first-order valence-corrected chi connectivity index (χ1v) is 7.04. The summed E-state index contributed by atoms with van der Waals surface area (Å²) < 4.78 is 0. The summed E-state index contributed by atoms with van der Waals surface area (Å²) in [7, 11) is 4.14. The zero-order valence-electron chi connectivity index (χ0n) is 12.5. The number of hydrogen-bond donors (Lipinski definition) is 2. The number of benzene rings is 1. The maximum atomic E-state index is 12.1. The van der Waals surface area contributed by atoms with Crippen molar-refractivity contribution >= 4 is 10.9 Å². The van der Waals surface area contributed by atoms with Gasteiger partial charge < -0.3 is 15.2 Å². The predicted octanol–water partition coefficient (Wildman–Crippen LogP) is 1.88. The number of aromatic amines is 1. The van der Waals surface area contributed by atoms with Crippen LogP contribution in [0.4, 0.5) is 0 Å². The van der Waals surface area contributed by atoms with E-state index in [1.54, 1.807) is 6.07 Å². The van der Waals surface area contributed by atoms with Gasteiger partial charge in [0.2, 0.25) is 0 Å². The molecule has 4 nitrogen and oxygen atoms in total. The Hall–Kier alpha value is -1.65. The highest BCUT2D eigenvalue weighted by Gasteiger charge is 2.02. The molecule has 0 aliphatic carbocycles. The molecule has 20 heavy (non-hydrogen) atoms. The zero-order valence-corrected chi connectivity index (χ0v) is 12.5. The Morgan fingerprint density at radius 1 is 1.25 bits per heavy atom. The lowest BCUT2D eigenvalue weighted by Crippen LogP contribution is -2.22. The van der Waals surface area contributed by atoms with Gasteiger partial charge in [-0.25, -0.2) is 0 Å². The molecule has 1 aromatic heterocycles. The minimum Gasteiger partial charge on any atom is -0.357 e. The molecule has 0 radical (unpaired) electrons. The second-order valence-corrected chi connectivity index (χ2v) is 5.54. The van der Waals surface area contributed by atoms with Gasteiger partial charge in [0.05, 0.1) is 0 Å². The summed E-state index contributed by atoms with van der Waals surface area (Å²) in [6.07, 6.45) is 1.10. The molecule has 0 spiro atoms. The Kier molecular flexibility index (Phi) is 4.93. The molecule has 2 rings (SSSR count). The van der Waals surface area contributed by atoms with Gasteiger partial charge in [0.15, 0.2) is 5.43 Å². The topological polar surface area (TPSA) is 48.1 Å². The molecular weight excluding hydrogens is 250 g/mol. The smallest absolute Gasteiger partial charge is 0.189 e. The van der Waals surface area contributed by atoms with Crippen molar-refractivity contribution in [2.24, 2.45) is 0 Å². The van der Waals surface area contributed by atoms with E-state index < -0.39 is 0 Å². The molecule has 2 N–H and O–H groups in total. The predicted molar refractivity (Wildman–Crippen MR) is 84.2 cm³/mol. The molecular formula is C16H23N3O. The lowest BCUT2D eigenvalue weighted by Gasteiger charge is -2.10. The third-order valence-corrected chi connectivity index (χ3v) is 3.32. The average molecular weight is 273 g/mol. The maximum Gasteiger partial charge on any atom is 0.189 e. The van der Waals surface area contributed by atoms with Crippen LogP contribution in [0.15, 0.2) is 29.1 Å². The number of aromatic nitrogens is 1. The van der Waals surface area contributed by atoms with Gasteiger partial charge >= 0.3 is 0 Å². The largest absolute Gasteiger partial charge is 0.357 e. The summed E-state index contributed by atoms with van der Waals surface area (Å²) >= 11 is 0. The van der Waals surface area contributed by atoms with Crippen molar-refractivity contribution < 1.29 is 0 Å². The number of pyridine rings is 1. The Morgan fingerprint density at radius 2 is 2.05 bits per heavy atom. The van der Waals surface area contributed by atoms with Gasteiger partial charge in [0.25, 0.3) is 0 Å². The molecule has 0 fully saturated rings. The van der Waals surface area contributed by atoms with Crippen LogP contribution in [0.1, 0.15) is 17.7 Å². The van der Waals surface area contributed by atoms with Crippen LogP contribution in [-0.4, -0.2) is 37.1 Å². The first kappa shape index (κ1) is 14.8. The van der Waals surface area contributed by atoms with E-state index in [4.69, 9.17) is 0 Å². The molecule has 4 heteroatoms. The van der Waals surface area contributed by atoms with Crippen LogP contribution < -0.4 is 10.7 Å². The van der Waals surface area contributed by atoms with Crippen molar-refractivity contribution in [3.8, 4) is 0 Å². The van der Waals surface area contributed by atoms with Crippen molar-refractivity contribution in [1.29, 1.82) is 0 Å². The van der Waals surface area contributed by atoms with Crippen LogP contribution in [0.5, 0.6) is 0 Å². The van der Waals surface area contributed by atoms with E-state index >= 15 is 0 Å². The van der Waals surface area contributed by atoms with Crippen LogP contribution in [0.2, 0.25) is 0 Å². The summed E-state index contributed by atoms with van der Waals surface area (Å²) in [5.41, 5.74) is 3.05. The quantitative estimate of drug-likeness (QED) is 0.790. The summed E-state index contributed by atoms with van der Waals surface area (Å²) in [4.78, 5) is 17.6. The first-order chi connectivity index (χ1) is 9.56. The fourth-order valence-corrected chi connectivity index (χ4v) is 2.25. The van der Waals surface area contributed by atoms with Crippen molar-refractivity contribution in [3.05, 3.63) is 45.7 Å². The highest BCUT2D eigenvalue weighted by Crippen LogP contribution is 2.10. The molecule has 108 valence electrons. The number of fused-ring (bicyclic) bond motifs is 1. The van der Waals surface area contributed by atoms with Crippen LogP contribution >= 0.6 is 0 Å². The van der Waals surface area contributed by atoms with Crippen LogP contribution in [-0.2, 0) is 6.54 Å². The second kappa shape index (κ2) is 6.68. The van der Waals surface area contributed by atoms with Gasteiger partial charge in [0.1, 0.15) is 0 Å². The third kappa shape index (κ3) is 3.92. The molecule has 0 amide bonds. The number of rotatable bonds is 6. The zero-order chi connectivity index (χ0) is 14.5. The number of hydrogen-bond acceptors (Lipinski definition) is 3. The van der Waals surface area contributed by atoms with Crippen LogP contribution in [0.3, 0.4) is 0 Å². The van der Waals surface area contributed by atoms with Crippen LogP contribution in [0.25, 0.3) is 10.9 Å². The summed E-state index contributed by atoms with van der Waals surface area (Å²) in [6.45, 7) is 4.72. The van der Waals surface area contributed by atoms with Crippen molar-refractivity contribution in [2.75, 3.05) is 27.2 Å². The van der Waals surface area contributed by atoms with Gasteiger partial charge in [-0.1, -0.05) is 11.6 Å². The van der Waals surface area contributed by atoms with Gasteiger partial charge in [0, 0.05) is 29.2 Å². The van der Waals surface area contributed by atoms with Gasteiger partial charge in [-0.2, -0.15) is 0 Å². The van der Waals surface area contributed by atoms with Gasteiger partial charge in [-0.3, -0.25) is 4.79 Å². The SMILES string of the molecule is Cc1ccc2[nH]c(CNCCCN(C)C)cc(=O)c2c1. The second-order valence-electron chi connectivity index (χ2n) is 5.54. The molecule has 1 aromatic carbocycles. The minimum atomic E-state index is 0.0903. The molecule has 0 atom stereocenters. The maximum absolute atomic E-state index is 12.1. The highest BCUT2D eigenvalue weighted by molar-refractivity contribution is 5.79. The Labute approximate surface area is 119 Å². The van der Waals surface area contributed by atoms with E-state index in [9.17, 15) is 4.79 Å². The monoisotopic (exact) mass is 273 g/mol. The van der Waals surface area contributed by atoms with Crippen molar-refractivity contribution in [1.82, 2.24) is 15.2 Å². The molecule has 0 aliphatic rings. The molecule has 0 saturated carbocycles. The molecule has 2 aromatic rings. The Bertz CT molecular complexity index is 631. The lowest BCUT2D eigenvalue weighted by molar-refractivity contribution is 0.394. The number of nitrogens with one attached hydrogen (secondary N) is 2. The van der Waals surface area contributed by atoms with Crippen LogP contribution in [0, 0.1) is 6.92 Å². The van der Waals surface area contributed by atoms with E-state index in [1.807, 2.05) is 25.1 Å². The van der Waals surface area contributed by atoms with Crippen molar-refractivity contribution in [3.63, 3.8) is 0 Å². The normalized spacial score (nSPS) is 11.4. The Balaban J connectivity index is 2.01. The fraction of sp³-hybridized carbons (Fsp3) is 0.438. The Morgan fingerprint density at radius 3 is 2.80 bits per heavy atom. The highest BCUT2D eigenvalue weighted by atomic mass is 16.1. The lowest BCUT2D eigenvalue weighted by atomic mass is 10.1. The van der Waals surface area contributed by atoms with Gasteiger partial charge in [-0.15, -0.1) is 0 Å². The van der Waals surface area contributed by atoms with E-state index in [0.29, 0.717) is 6.54 Å². The number of aryl methyl sites for hydroxylation is 1. The first-order valence-electron chi connectivity index (χ1n) is 7.04. The van der Waals surface area contributed by atoms with E-state index in [-0.39, 0.29) is 5.43 Å². The summed E-state index contributed by atoms with van der Waals surface area (Å²) in [5.74, 6) is 0. The molecule has 0 aliphatic heterocycles. The third-order valence-electron chi connectivity index (χ3n) is 3.32. The van der Waals surface area contributed by atoms with E-state index in [2.05, 4.69) is 29.3 Å². The summed E-state index contributed by atoms with van der Waals surface area (Å²) in [5, 5.41) is 4.13. The standard InChI is InChI=1S/C16H23N3O/c1-12-5-6-15-14(9-12)16(20)10-13(18-15)11-17-7-4-8-19(2)3/h5-6,9-10,17H,4,7-8,11H2,1-3H3,(H,18,20). The van der Waals surface area contributed by atoms with E-state index in [1.165, 1.54) is 0 Å². The molecule has 0 bridgehead atoms. The number of nitrogens with zero attached hydrogens (tertiary/aromatic N) is 1. The average Bonchev–Trinajstić information content (AvgIpc) is 2.39. The number of H-pyrrole nitrogens is 1. The van der Waals surface area contributed by atoms with E-state index in [0.717, 1.165) is 41.7 Å².